The smallest absolute Gasteiger partial charge is 0.238 e. The van der Waals surface area contributed by atoms with E-state index in [4.69, 9.17) is 5.14 Å². The van der Waals surface area contributed by atoms with Crippen LogP contribution in [0.25, 0.3) is 0 Å². The molecule has 3 N–H and O–H groups in total. The molecule has 0 radical (unpaired) electrons. The molecule has 1 fully saturated rings. The van der Waals surface area contributed by atoms with E-state index in [1.54, 1.807) is 11.8 Å². The number of anilines is 1. The van der Waals surface area contributed by atoms with E-state index in [2.05, 4.69) is 5.32 Å². The van der Waals surface area contributed by atoms with Crippen LogP contribution in [-0.4, -0.2) is 25.3 Å². The number of carbonyl (C=O) groups is 1. The molecule has 0 aromatic heterocycles. The molecule has 1 aliphatic heterocycles. The van der Waals surface area contributed by atoms with Crippen LogP contribution < -0.4 is 10.5 Å². The number of benzene rings is 1. The Morgan fingerprint density at radius 3 is 2.70 bits per heavy atom. The van der Waals surface area contributed by atoms with Crippen LogP contribution in [0.2, 0.25) is 0 Å². The molecule has 110 valence electrons. The Balaban J connectivity index is 2.16. The van der Waals surface area contributed by atoms with Crippen LogP contribution in [0.15, 0.2) is 23.1 Å². The van der Waals surface area contributed by atoms with E-state index in [-0.39, 0.29) is 21.7 Å². The Morgan fingerprint density at radius 2 is 2.10 bits per heavy atom. The van der Waals surface area contributed by atoms with Crippen LogP contribution >= 0.6 is 11.8 Å². The van der Waals surface area contributed by atoms with Gasteiger partial charge in [0.05, 0.1) is 10.1 Å². The van der Waals surface area contributed by atoms with Crippen molar-refractivity contribution in [3.05, 3.63) is 24.0 Å². The summed E-state index contributed by atoms with van der Waals surface area (Å²) in [6.07, 6.45) is 2.84. The first-order valence-corrected chi connectivity index (χ1v) is 8.71. The summed E-state index contributed by atoms with van der Waals surface area (Å²) < 4.78 is 35.8. The van der Waals surface area contributed by atoms with Crippen LogP contribution in [-0.2, 0) is 14.8 Å². The first kappa shape index (κ1) is 15.3. The number of thioether (sulfide) groups is 1. The van der Waals surface area contributed by atoms with Crippen molar-refractivity contribution in [2.45, 2.75) is 29.4 Å². The fourth-order valence-electron chi connectivity index (χ4n) is 1.97. The second kappa shape index (κ2) is 6.11. The third-order valence-electron chi connectivity index (χ3n) is 2.94. The lowest BCUT2D eigenvalue weighted by atomic mass is 10.2. The standard InChI is InChI=1S/C12H15FN2O3S2/c13-8-5-9(7-10(6-8)20(14,17)18)15-12(16)11-3-1-2-4-19-11/h5-7,11H,1-4H2,(H,15,16)(H2,14,17,18). The van der Waals surface area contributed by atoms with Crippen LogP contribution in [0, 0.1) is 5.82 Å². The lowest BCUT2D eigenvalue weighted by molar-refractivity contribution is -0.115. The van der Waals surface area contributed by atoms with Crippen molar-refractivity contribution in [1.82, 2.24) is 0 Å². The molecule has 0 bridgehead atoms. The molecule has 1 amide bonds. The number of halogens is 1. The van der Waals surface area contributed by atoms with Crippen molar-refractivity contribution in [2.24, 2.45) is 5.14 Å². The van der Waals surface area contributed by atoms with Gasteiger partial charge in [-0.05, 0) is 36.8 Å². The van der Waals surface area contributed by atoms with Crippen LogP contribution in [0.5, 0.6) is 0 Å². The molecule has 0 aliphatic carbocycles. The largest absolute Gasteiger partial charge is 0.325 e. The summed E-state index contributed by atoms with van der Waals surface area (Å²) in [6, 6.07) is 3.05. The molecule has 8 heteroatoms. The minimum Gasteiger partial charge on any atom is -0.325 e. The highest BCUT2D eigenvalue weighted by Crippen LogP contribution is 2.26. The van der Waals surface area contributed by atoms with Gasteiger partial charge in [-0.1, -0.05) is 6.42 Å². The maximum Gasteiger partial charge on any atom is 0.238 e. The van der Waals surface area contributed by atoms with Gasteiger partial charge in [0.25, 0.3) is 0 Å². The Morgan fingerprint density at radius 1 is 1.35 bits per heavy atom. The van der Waals surface area contributed by atoms with E-state index in [9.17, 15) is 17.6 Å². The molecule has 5 nitrogen and oxygen atoms in total. The van der Waals surface area contributed by atoms with Crippen LogP contribution in [0.3, 0.4) is 0 Å². The molecule has 0 spiro atoms. The number of nitrogens with one attached hydrogen (secondary N) is 1. The van der Waals surface area contributed by atoms with Gasteiger partial charge in [-0.3, -0.25) is 4.79 Å². The summed E-state index contributed by atoms with van der Waals surface area (Å²) in [5.74, 6) is -0.0762. The summed E-state index contributed by atoms with van der Waals surface area (Å²) in [5, 5.41) is 7.33. The number of nitrogens with two attached hydrogens (primary N) is 1. The first-order valence-electron chi connectivity index (χ1n) is 6.12. The van der Waals surface area contributed by atoms with Crippen molar-refractivity contribution in [3.63, 3.8) is 0 Å². The van der Waals surface area contributed by atoms with E-state index in [0.717, 1.165) is 43.2 Å². The number of rotatable bonds is 3. The predicted octanol–water partition coefficient (Wildman–Crippen LogP) is 1.70. The Kier molecular flexibility index (Phi) is 4.66. The number of primary sulfonamides is 1. The molecule has 1 heterocycles. The molecular weight excluding hydrogens is 303 g/mol. The number of amides is 1. The van der Waals surface area contributed by atoms with E-state index in [1.807, 2.05) is 0 Å². The number of sulfonamides is 1. The molecule has 0 saturated carbocycles. The van der Waals surface area contributed by atoms with E-state index in [1.165, 1.54) is 0 Å². The van der Waals surface area contributed by atoms with Gasteiger partial charge in [-0.15, -0.1) is 11.8 Å². The SMILES string of the molecule is NS(=O)(=O)c1cc(F)cc(NC(=O)C2CCCCS2)c1. The minimum atomic E-state index is -4.00. The molecular formula is C12H15FN2O3S2. The van der Waals surface area contributed by atoms with Gasteiger partial charge < -0.3 is 5.32 Å². The van der Waals surface area contributed by atoms with Gasteiger partial charge in [0.1, 0.15) is 5.82 Å². The average molecular weight is 318 g/mol. The minimum absolute atomic E-state index is 0.102. The zero-order chi connectivity index (χ0) is 14.8. The molecule has 1 aromatic carbocycles. The third kappa shape index (κ3) is 3.94. The second-order valence-electron chi connectivity index (χ2n) is 4.57. The van der Waals surface area contributed by atoms with Gasteiger partial charge in [0, 0.05) is 5.69 Å². The highest BCUT2D eigenvalue weighted by molar-refractivity contribution is 8.00. The maximum atomic E-state index is 13.4. The Bertz CT molecular complexity index is 613. The van der Waals surface area contributed by atoms with E-state index in [0.29, 0.717) is 0 Å². The van der Waals surface area contributed by atoms with Crippen molar-refractivity contribution in [2.75, 3.05) is 11.1 Å². The highest BCUT2D eigenvalue weighted by atomic mass is 32.2. The summed E-state index contributed by atoms with van der Waals surface area (Å²) in [4.78, 5) is 11.6. The summed E-state index contributed by atoms with van der Waals surface area (Å²) in [7, 11) is -4.00. The first-order chi connectivity index (χ1) is 9.36. The molecule has 20 heavy (non-hydrogen) atoms. The zero-order valence-electron chi connectivity index (χ0n) is 10.6. The van der Waals surface area contributed by atoms with Gasteiger partial charge in [0.2, 0.25) is 15.9 Å². The average Bonchev–Trinajstić information content (AvgIpc) is 2.38. The maximum absolute atomic E-state index is 13.4. The summed E-state index contributed by atoms with van der Waals surface area (Å²) in [6.45, 7) is 0. The number of carbonyl (C=O) groups excluding carboxylic acids is 1. The topological polar surface area (TPSA) is 89.3 Å². The molecule has 2 rings (SSSR count). The number of hydrogen-bond donors (Lipinski definition) is 2. The predicted molar refractivity (Wildman–Crippen MR) is 76.5 cm³/mol. The van der Waals surface area contributed by atoms with Gasteiger partial charge in [0.15, 0.2) is 0 Å². The van der Waals surface area contributed by atoms with Crippen molar-refractivity contribution in [3.8, 4) is 0 Å². The third-order valence-corrected chi connectivity index (χ3v) is 5.21. The fourth-order valence-corrected chi connectivity index (χ4v) is 3.74. The van der Waals surface area contributed by atoms with Gasteiger partial charge in [-0.25, -0.2) is 17.9 Å². The molecule has 1 unspecified atom stereocenters. The van der Waals surface area contributed by atoms with Gasteiger partial charge >= 0.3 is 0 Å². The van der Waals surface area contributed by atoms with Crippen molar-refractivity contribution < 1.29 is 17.6 Å². The summed E-state index contributed by atoms with van der Waals surface area (Å²) in [5.41, 5.74) is 0.102. The number of hydrogen-bond acceptors (Lipinski definition) is 4. The zero-order valence-corrected chi connectivity index (χ0v) is 12.3. The van der Waals surface area contributed by atoms with Gasteiger partial charge in [-0.2, -0.15) is 0 Å². The molecule has 1 saturated heterocycles. The molecule has 1 aliphatic rings. The molecule has 1 atom stereocenters. The van der Waals surface area contributed by atoms with E-state index >= 15 is 0 Å². The highest BCUT2D eigenvalue weighted by Gasteiger charge is 2.22. The normalized spacial score (nSPS) is 19.6. The van der Waals surface area contributed by atoms with Crippen LogP contribution in [0.1, 0.15) is 19.3 Å². The summed E-state index contributed by atoms with van der Waals surface area (Å²) >= 11 is 1.56. The fraction of sp³-hybridized carbons (Fsp3) is 0.417. The Labute approximate surface area is 121 Å². The second-order valence-corrected chi connectivity index (χ2v) is 7.44. The van der Waals surface area contributed by atoms with Crippen molar-refractivity contribution in [1.29, 1.82) is 0 Å². The van der Waals surface area contributed by atoms with E-state index < -0.39 is 15.8 Å². The lowest BCUT2D eigenvalue weighted by Gasteiger charge is -2.20. The van der Waals surface area contributed by atoms with Crippen LogP contribution in [0.4, 0.5) is 10.1 Å². The lowest BCUT2D eigenvalue weighted by Crippen LogP contribution is -2.27. The molecule has 1 aromatic rings. The van der Waals surface area contributed by atoms with Crippen molar-refractivity contribution >= 4 is 33.4 Å². The Hall–Kier alpha value is -1.12. The quantitative estimate of drug-likeness (QED) is 0.887. The monoisotopic (exact) mass is 318 g/mol.